The van der Waals surface area contributed by atoms with Crippen molar-refractivity contribution in [1.82, 2.24) is 4.90 Å². The van der Waals surface area contributed by atoms with Crippen LogP contribution in [-0.4, -0.2) is 24.4 Å². The van der Waals surface area contributed by atoms with Gasteiger partial charge < -0.3 is 5.32 Å². The van der Waals surface area contributed by atoms with E-state index in [0.717, 1.165) is 32.6 Å². The molecule has 0 unspecified atom stereocenters. The SMILES string of the molecule is Cc1cc(C)c(NC(=O)CN(C)Cc2ccc(Cl)s2)c(C)c1. The highest BCUT2D eigenvalue weighted by Gasteiger charge is 2.11. The zero-order chi connectivity index (χ0) is 16.3. The number of amides is 1. The van der Waals surface area contributed by atoms with Gasteiger partial charge in [0.05, 0.1) is 10.9 Å². The second-order valence-electron chi connectivity index (χ2n) is 5.70. The third kappa shape index (κ3) is 4.57. The average molecular weight is 337 g/mol. The van der Waals surface area contributed by atoms with Crippen molar-refractivity contribution in [2.45, 2.75) is 27.3 Å². The number of halogens is 1. The van der Waals surface area contributed by atoms with Crippen LogP contribution >= 0.6 is 22.9 Å². The Morgan fingerprint density at radius 2 is 1.86 bits per heavy atom. The molecule has 1 aromatic heterocycles. The maximum absolute atomic E-state index is 12.2. The van der Waals surface area contributed by atoms with Crippen LogP contribution in [-0.2, 0) is 11.3 Å². The number of nitrogens with zero attached hydrogens (tertiary/aromatic N) is 1. The molecule has 0 saturated carbocycles. The minimum absolute atomic E-state index is 0.000191. The van der Waals surface area contributed by atoms with Gasteiger partial charge in [-0.25, -0.2) is 0 Å². The second kappa shape index (κ2) is 7.27. The van der Waals surface area contributed by atoms with E-state index < -0.39 is 0 Å². The normalized spacial score (nSPS) is 11.0. The van der Waals surface area contributed by atoms with E-state index in [1.807, 2.05) is 37.9 Å². The number of benzene rings is 1. The van der Waals surface area contributed by atoms with Crippen molar-refractivity contribution < 1.29 is 4.79 Å². The van der Waals surface area contributed by atoms with E-state index in [0.29, 0.717) is 6.54 Å². The summed E-state index contributed by atoms with van der Waals surface area (Å²) in [7, 11) is 1.93. The fourth-order valence-corrected chi connectivity index (χ4v) is 3.73. The smallest absolute Gasteiger partial charge is 0.238 e. The summed E-state index contributed by atoms with van der Waals surface area (Å²) in [6.07, 6.45) is 0. The Bertz CT molecular complexity index is 658. The van der Waals surface area contributed by atoms with Gasteiger partial charge in [0.15, 0.2) is 0 Å². The molecule has 0 bridgehead atoms. The molecule has 2 aromatic rings. The number of carbonyl (C=O) groups excluding carboxylic acids is 1. The van der Waals surface area contributed by atoms with Crippen LogP contribution in [0, 0.1) is 20.8 Å². The van der Waals surface area contributed by atoms with Crippen molar-refractivity contribution in [1.29, 1.82) is 0 Å². The van der Waals surface area contributed by atoms with E-state index in [9.17, 15) is 4.79 Å². The fraction of sp³-hybridized carbons (Fsp3) is 0.353. The van der Waals surface area contributed by atoms with Crippen molar-refractivity contribution >= 4 is 34.5 Å². The third-order valence-electron chi connectivity index (χ3n) is 3.41. The van der Waals surface area contributed by atoms with Crippen LogP contribution in [0.2, 0.25) is 4.34 Å². The van der Waals surface area contributed by atoms with Crippen LogP contribution in [0.15, 0.2) is 24.3 Å². The molecule has 1 heterocycles. The van der Waals surface area contributed by atoms with Crippen molar-refractivity contribution in [2.75, 3.05) is 18.9 Å². The van der Waals surface area contributed by atoms with Gasteiger partial charge in [-0.15, -0.1) is 11.3 Å². The number of nitrogens with one attached hydrogen (secondary N) is 1. The van der Waals surface area contributed by atoms with Crippen LogP contribution in [0.5, 0.6) is 0 Å². The van der Waals surface area contributed by atoms with Gasteiger partial charge in [0.25, 0.3) is 0 Å². The minimum atomic E-state index is 0.000191. The third-order valence-corrected chi connectivity index (χ3v) is 4.63. The Labute approximate surface area is 140 Å². The first kappa shape index (κ1) is 17.0. The van der Waals surface area contributed by atoms with Crippen molar-refractivity contribution in [3.05, 3.63) is 50.2 Å². The molecule has 1 N–H and O–H groups in total. The Balaban J connectivity index is 1.95. The van der Waals surface area contributed by atoms with Crippen molar-refractivity contribution in [3.8, 4) is 0 Å². The molecule has 22 heavy (non-hydrogen) atoms. The van der Waals surface area contributed by atoms with E-state index in [1.165, 1.54) is 5.56 Å². The molecular weight excluding hydrogens is 316 g/mol. The largest absolute Gasteiger partial charge is 0.324 e. The summed E-state index contributed by atoms with van der Waals surface area (Å²) in [5, 5.41) is 3.02. The topological polar surface area (TPSA) is 32.3 Å². The minimum Gasteiger partial charge on any atom is -0.324 e. The van der Waals surface area contributed by atoms with E-state index in [2.05, 4.69) is 24.4 Å². The Hall–Kier alpha value is -1.36. The molecular formula is C17H21ClN2OS. The molecule has 0 aliphatic rings. The second-order valence-corrected chi connectivity index (χ2v) is 7.50. The standard InChI is InChI=1S/C17H21ClN2OS/c1-11-7-12(2)17(13(3)8-11)19-16(21)10-20(4)9-14-5-6-15(18)22-14/h5-8H,9-10H2,1-4H3,(H,19,21). The van der Waals surface area contributed by atoms with Gasteiger partial charge in [0.1, 0.15) is 0 Å². The van der Waals surface area contributed by atoms with Crippen LogP contribution in [0.25, 0.3) is 0 Å². The van der Waals surface area contributed by atoms with E-state index in [1.54, 1.807) is 11.3 Å². The molecule has 0 saturated heterocycles. The summed E-state index contributed by atoms with van der Waals surface area (Å²) in [6, 6.07) is 8.05. The van der Waals surface area contributed by atoms with Gasteiger partial charge in [-0.3, -0.25) is 9.69 Å². The van der Waals surface area contributed by atoms with E-state index >= 15 is 0 Å². The van der Waals surface area contributed by atoms with Gasteiger partial charge >= 0.3 is 0 Å². The first-order valence-electron chi connectivity index (χ1n) is 7.15. The van der Waals surface area contributed by atoms with Gasteiger partial charge in [0, 0.05) is 17.1 Å². The summed E-state index contributed by atoms with van der Waals surface area (Å²) in [6.45, 7) is 7.17. The molecule has 1 amide bonds. The lowest BCUT2D eigenvalue weighted by Crippen LogP contribution is -2.30. The lowest BCUT2D eigenvalue weighted by Gasteiger charge is -2.17. The van der Waals surface area contributed by atoms with Crippen LogP contribution in [0.1, 0.15) is 21.6 Å². The molecule has 5 heteroatoms. The number of hydrogen-bond donors (Lipinski definition) is 1. The van der Waals surface area contributed by atoms with E-state index in [-0.39, 0.29) is 5.91 Å². The van der Waals surface area contributed by atoms with Crippen molar-refractivity contribution in [3.63, 3.8) is 0 Å². The molecule has 1 aromatic carbocycles. The number of anilines is 1. The maximum atomic E-state index is 12.2. The number of rotatable bonds is 5. The quantitative estimate of drug-likeness (QED) is 0.877. The highest BCUT2D eigenvalue weighted by atomic mass is 35.5. The molecule has 2 rings (SSSR count). The molecule has 0 atom stereocenters. The van der Waals surface area contributed by atoms with E-state index in [4.69, 9.17) is 11.6 Å². The zero-order valence-corrected chi connectivity index (χ0v) is 14.9. The summed E-state index contributed by atoms with van der Waals surface area (Å²) in [5.41, 5.74) is 4.32. The number of thiophene rings is 1. The Kier molecular flexibility index (Phi) is 5.62. The monoisotopic (exact) mass is 336 g/mol. The summed E-state index contributed by atoms with van der Waals surface area (Å²) in [4.78, 5) is 15.4. The molecule has 0 spiro atoms. The summed E-state index contributed by atoms with van der Waals surface area (Å²) >= 11 is 7.47. The molecule has 0 aliphatic heterocycles. The first-order chi connectivity index (χ1) is 10.3. The molecule has 118 valence electrons. The summed E-state index contributed by atoms with van der Waals surface area (Å²) in [5.74, 6) is 0.000191. The molecule has 0 radical (unpaired) electrons. The zero-order valence-electron chi connectivity index (χ0n) is 13.4. The van der Waals surface area contributed by atoms with Crippen LogP contribution in [0.4, 0.5) is 5.69 Å². The fourth-order valence-electron chi connectivity index (χ4n) is 2.56. The molecule has 0 aliphatic carbocycles. The number of likely N-dealkylation sites (N-methyl/N-ethyl adjacent to an activating group) is 1. The Morgan fingerprint density at radius 1 is 1.23 bits per heavy atom. The summed E-state index contributed by atoms with van der Waals surface area (Å²) < 4.78 is 0.777. The number of aryl methyl sites for hydroxylation is 3. The predicted molar refractivity (Wildman–Crippen MR) is 94.9 cm³/mol. The van der Waals surface area contributed by atoms with Gasteiger partial charge in [-0.1, -0.05) is 29.3 Å². The average Bonchev–Trinajstić information content (AvgIpc) is 2.79. The Morgan fingerprint density at radius 3 is 2.41 bits per heavy atom. The lowest BCUT2D eigenvalue weighted by atomic mass is 10.1. The van der Waals surface area contributed by atoms with Gasteiger partial charge in [-0.05, 0) is 51.1 Å². The highest BCUT2D eigenvalue weighted by Crippen LogP contribution is 2.23. The highest BCUT2D eigenvalue weighted by molar-refractivity contribution is 7.16. The molecule has 3 nitrogen and oxygen atoms in total. The van der Waals surface area contributed by atoms with Crippen molar-refractivity contribution in [2.24, 2.45) is 0 Å². The molecule has 0 fully saturated rings. The predicted octanol–water partition coefficient (Wildman–Crippen LogP) is 4.40. The lowest BCUT2D eigenvalue weighted by molar-refractivity contribution is -0.117. The maximum Gasteiger partial charge on any atom is 0.238 e. The first-order valence-corrected chi connectivity index (χ1v) is 8.35. The van der Waals surface area contributed by atoms with Gasteiger partial charge in [0.2, 0.25) is 5.91 Å². The number of carbonyl (C=O) groups is 1. The van der Waals surface area contributed by atoms with Crippen LogP contribution < -0.4 is 5.32 Å². The van der Waals surface area contributed by atoms with Crippen LogP contribution in [0.3, 0.4) is 0 Å². The van der Waals surface area contributed by atoms with Gasteiger partial charge in [-0.2, -0.15) is 0 Å². The number of hydrogen-bond acceptors (Lipinski definition) is 3.